The quantitative estimate of drug-likeness (QED) is 0.422. The van der Waals surface area contributed by atoms with Crippen molar-refractivity contribution in [2.24, 2.45) is 11.8 Å². The van der Waals surface area contributed by atoms with E-state index in [0.717, 1.165) is 11.1 Å². The van der Waals surface area contributed by atoms with Gasteiger partial charge in [-0.3, -0.25) is 19.3 Å². The molecule has 192 valence electrons. The zero-order valence-corrected chi connectivity index (χ0v) is 20.3. The molecule has 0 spiro atoms. The maximum Gasteiger partial charge on any atom is 0.287 e. The first-order valence-corrected chi connectivity index (χ1v) is 11.9. The molecule has 2 amide bonds. The van der Waals surface area contributed by atoms with Crippen LogP contribution in [0.1, 0.15) is 18.1 Å². The molecule has 7 nitrogen and oxygen atoms in total. The van der Waals surface area contributed by atoms with Crippen LogP contribution in [0, 0.1) is 11.8 Å². The molecule has 37 heavy (non-hydrogen) atoms. The lowest BCUT2D eigenvalue weighted by Crippen LogP contribution is -2.42. The van der Waals surface area contributed by atoms with Gasteiger partial charge in [-0.05, 0) is 23.6 Å². The fraction of sp³-hybridized carbons (Fsp3) is 0.286. The zero-order valence-electron chi connectivity index (χ0n) is 20.3. The number of nitrogens with one attached hydrogen (secondary N) is 1. The van der Waals surface area contributed by atoms with Crippen molar-refractivity contribution in [2.75, 3.05) is 18.0 Å². The molecule has 2 aromatic carbocycles. The maximum atomic E-state index is 13.5. The third kappa shape index (κ3) is 6.75. The second-order valence-corrected chi connectivity index (χ2v) is 9.08. The number of ether oxygens (including phenoxy) is 1. The van der Waals surface area contributed by atoms with E-state index in [0.29, 0.717) is 12.8 Å². The highest BCUT2D eigenvalue weighted by Crippen LogP contribution is 2.33. The van der Waals surface area contributed by atoms with Gasteiger partial charge in [0.1, 0.15) is 12.4 Å². The largest absolute Gasteiger partial charge is 0.473 e. The Labute approximate surface area is 213 Å². The fourth-order valence-electron chi connectivity index (χ4n) is 4.21. The summed E-state index contributed by atoms with van der Waals surface area (Å²) in [7, 11) is 0. The Morgan fingerprint density at radius 3 is 2.30 bits per heavy atom. The van der Waals surface area contributed by atoms with E-state index in [1.807, 2.05) is 66.0 Å². The van der Waals surface area contributed by atoms with E-state index >= 15 is 0 Å². The molecule has 0 saturated carbocycles. The minimum absolute atomic E-state index is 0.0970. The second-order valence-electron chi connectivity index (χ2n) is 9.08. The summed E-state index contributed by atoms with van der Waals surface area (Å²) in [6.45, 7) is -0.131. The van der Waals surface area contributed by atoms with Crippen LogP contribution in [-0.2, 0) is 27.4 Å². The van der Waals surface area contributed by atoms with E-state index in [9.17, 15) is 23.2 Å². The summed E-state index contributed by atoms with van der Waals surface area (Å²) in [5, 5.41) is 1.99. The number of nitrogens with zero attached hydrogens (tertiary/aromatic N) is 2. The van der Waals surface area contributed by atoms with Crippen molar-refractivity contribution in [3.05, 3.63) is 90.0 Å². The Kier molecular flexibility index (Phi) is 7.91. The third-order valence-corrected chi connectivity index (χ3v) is 6.08. The lowest BCUT2D eigenvalue weighted by molar-refractivity contribution is -0.142. The molecular weight excluding hydrogens is 480 g/mol. The highest BCUT2D eigenvalue weighted by Gasteiger charge is 2.47. The molecule has 0 bridgehead atoms. The third-order valence-electron chi connectivity index (χ3n) is 6.08. The van der Waals surface area contributed by atoms with Crippen molar-refractivity contribution < 1.29 is 27.9 Å². The smallest absolute Gasteiger partial charge is 0.287 e. The first-order valence-electron chi connectivity index (χ1n) is 11.9. The Bertz CT molecular complexity index is 1250. The molecule has 3 aromatic rings. The van der Waals surface area contributed by atoms with Crippen molar-refractivity contribution in [1.82, 2.24) is 10.3 Å². The van der Waals surface area contributed by atoms with Gasteiger partial charge in [-0.25, -0.2) is 8.78 Å². The van der Waals surface area contributed by atoms with E-state index in [4.69, 9.17) is 4.74 Å². The molecule has 0 radical (unpaired) electrons. The number of anilines is 1. The molecule has 4 rings (SSSR count). The lowest BCUT2D eigenvalue weighted by atomic mass is 9.86. The van der Waals surface area contributed by atoms with Crippen molar-refractivity contribution in [1.29, 1.82) is 0 Å². The number of benzene rings is 2. The van der Waals surface area contributed by atoms with Gasteiger partial charge in [0.05, 0.1) is 18.4 Å². The summed E-state index contributed by atoms with van der Waals surface area (Å²) in [5.74, 6) is -6.86. The van der Waals surface area contributed by atoms with Gasteiger partial charge in [-0.2, -0.15) is 4.98 Å². The normalized spacial score (nSPS) is 17.5. The van der Waals surface area contributed by atoms with Gasteiger partial charge in [0.2, 0.25) is 17.6 Å². The van der Waals surface area contributed by atoms with Crippen LogP contribution in [0.15, 0.2) is 78.9 Å². The van der Waals surface area contributed by atoms with E-state index < -0.39 is 36.0 Å². The second kappa shape index (κ2) is 11.3. The summed E-state index contributed by atoms with van der Waals surface area (Å²) >= 11 is 0. The van der Waals surface area contributed by atoms with Crippen molar-refractivity contribution >= 4 is 23.4 Å². The molecule has 0 unspecified atom stereocenters. The van der Waals surface area contributed by atoms with Crippen LogP contribution in [0.3, 0.4) is 0 Å². The molecule has 2 atom stereocenters. The molecule has 1 aliphatic rings. The maximum absolute atomic E-state index is 13.5. The van der Waals surface area contributed by atoms with Gasteiger partial charge in [0.15, 0.2) is 0 Å². The van der Waals surface area contributed by atoms with E-state index in [2.05, 4.69) is 4.98 Å². The molecule has 9 heteroatoms. The number of carbonyl (C=O) groups excluding carboxylic acids is 3. The van der Waals surface area contributed by atoms with Gasteiger partial charge in [-0.15, -0.1) is 0 Å². The summed E-state index contributed by atoms with van der Waals surface area (Å²) in [6.07, 6.45) is 0.216. The van der Waals surface area contributed by atoms with E-state index in [1.165, 1.54) is 4.90 Å². The summed E-state index contributed by atoms with van der Waals surface area (Å²) in [5.41, 5.74) is 1.76. The molecule has 1 aromatic heterocycles. The predicted molar refractivity (Wildman–Crippen MR) is 133 cm³/mol. The van der Waals surface area contributed by atoms with Crippen LogP contribution >= 0.6 is 0 Å². The fourth-order valence-corrected chi connectivity index (χ4v) is 4.21. The Hall–Kier alpha value is -4.14. The van der Waals surface area contributed by atoms with Crippen LogP contribution in [0.2, 0.25) is 0 Å². The molecule has 2 heterocycles. The van der Waals surface area contributed by atoms with Crippen LogP contribution in [0.25, 0.3) is 0 Å². The van der Waals surface area contributed by atoms with Crippen LogP contribution < -0.4 is 15.0 Å². The van der Waals surface area contributed by atoms with Gasteiger partial charge in [0, 0.05) is 19.5 Å². The Morgan fingerprint density at radius 1 is 1.00 bits per heavy atom. The minimum Gasteiger partial charge on any atom is -0.473 e. The topological polar surface area (TPSA) is 88.6 Å². The molecule has 1 N–H and O–H groups in total. The predicted octanol–water partition coefficient (Wildman–Crippen LogP) is 3.82. The number of ketones is 1. The molecule has 1 fully saturated rings. The number of aromatic nitrogens is 1. The summed E-state index contributed by atoms with van der Waals surface area (Å²) in [6, 6.07) is 23.6. The number of Topliss-reactive ketones (excluding diaryl/α,β-unsaturated/α-hetero) is 1. The van der Waals surface area contributed by atoms with Gasteiger partial charge >= 0.3 is 0 Å². The number of amides is 2. The number of carbonyl (C=O) groups is 3. The average Bonchev–Trinajstić information content (AvgIpc) is 3.22. The molecular formula is C28H27F2N3O4. The van der Waals surface area contributed by atoms with Crippen molar-refractivity contribution in [3.8, 4) is 5.88 Å². The highest BCUT2D eigenvalue weighted by atomic mass is 19.3. The number of rotatable bonds is 10. The molecule has 0 aliphatic carbocycles. The summed E-state index contributed by atoms with van der Waals surface area (Å²) < 4.78 is 32.2. The standard InChI is InChI=1S/C28H27F2N3O4/c1-28(29,30)18-31-26(35)25(34)22-16-33(27(36)21(22)15-19-9-4-2-5-10-19)23-13-8-14-24(32-23)37-17-20-11-6-3-7-12-20/h2-14,21-22H,15-18H2,1H3,(H,31,35)/t21-,22+/m1/s1. The lowest BCUT2D eigenvalue weighted by Gasteiger charge is -2.16. The number of hydrogen-bond acceptors (Lipinski definition) is 5. The van der Waals surface area contributed by atoms with E-state index in [-0.39, 0.29) is 31.3 Å². The van der Waals surface area contributed by atoms with Gasteiger partial charge in [-0.1, -0.05) is 66.7 Å². The van der Waals surface area contributed by atoms with Gasteiger partial charge < -0.3 is 10.1 Å². The first-order chi connectivity index (χ1) is 17.7. The molecule has 1 aliphatic heterocycles. The number of halogens is 2. The van der Waals surface area contributed by atoms with Crippen LogP contribution in [0.5, 0.6) is 5.88 Å². The van der Waals surface area contributed by atoms with Crippen molar-refractivity contribution in [2.45, 2.75) is 25.9 Å². The van der Waals surface area contributed by atoms with Crippen LogP contribution in [-0.4, -0.2) is 41.6 Å². The molecule has 1 saturated heterocycles. The average molecular weight is 508 g/mol. The van der Waals surface area contributed by atoms with E-state index in [1.54, 1.807) is 18.2 Å². The minimum atomic E-state index is -3.17. The summed E-state index contributed by atoms with van der Waals surface area (Å²) in [4.78, 5) is 44.8. The van der Waals surface area contributed by atoms with Gasteiger partial charge in [0.25, 0.3) is 11.8 Å². The first kappa shape index (κ1) is 25.9. The number of pyridine rings is 1. The monoisotopic (exact) mass is 507 g/mol. The van der Waals surface area contributed by atoms with Crippen LogP contribution in [0.4, 0.5) is 14.6 Å². The van der Waals surface area contributed by atoms with Crippen molar-refractivity contribution in [3.63, 3.8) is 0 Å². The Balaban J connectivity index is 1.54. The zero-order chi connectivity index (χ0) is 26.4. The Morgan fingerprint density at radius 2 is 1.65 bits per heavy atom. The SMILES string of the molecule is CC(F)(F)CNC(=O)C(=O)[C@H]1CN(c2cccc(OCc3ccccc3)n2)C(=O)[C@@H]1Cc1ccccc1. The number of alkyl halides is 2. The number of hydrogen-bond donors (Lipinski definition) is 1. The highest BCUT2D eigenvalue weighted by molar-refractivity contribution is 6.38.